The van der Waals surface area contributed by atoms with E-state index in [2.05, 4.69) is 15.4 Å². The number of halogens is 5. The summed E-state index contributed by atoms with van der Waals surface area (Å²) >= 11 is 0. The number of carbonyl (C=O) groups excluding carboxylic acids is 2. The number of nitrogens with zero attached hydrogens (tertiary/aromatic N) is 3. The molecule has 1 aromatic carbocycles. The van der Waals surface area contributed by atoms with E-state index in [1.165, 1.54) is 10.9 Å². The summed E-state index contributed by atoms with van der Waals surface area (Å²) in [5, 5.41) is 6.60. The molecule has 1 aliphatic heterocycles. The van der Waals surface area contributed by atoms with Gasteiger partial charge in [-0.3, -0.25) is 19.3 Å². The lowest BCUT2D eigenvalue weighted by molar-refractivity contribution is -0.140. The lowest BCUT2D eigenvalue weighted by Gasteiger charge is -2.28. The predicted octanol–water partition coefficient (Wildman–Crippen LogP) is 4.76. The van der Waals surface area contributed by atoms with E-state index in [4.69, 9.17) is 0 Å². The van der Waals surface area contributed by atoms with Crippen LogP contribution in [0.5, 0.6) is 0 Å². The maximum Gasteiger partial charge on any atom is 0.419 e. The summed E-state index contributed by atoms with van der Waals surface area (Å²) in [6.07, 6.45) is -1.35. The minimum atomic E-state index is -4.85. The SMILES string of the molecule is C[C@H]1CC(c2ccc(C(F)(F)F)c(F)c2)C(=O)c2c(NC(=O)c3cncc(F)c3)cnn21. The molecule has 3 heterocycles. The first-order valence-corrected chi connectivity index (χ1v) is 9.46. The van der Waals surface area contributed by atoms with Gasteiger partial charge in [0.15, 0.2) is 5.78 Å². The van der Waals surface area contributed by atoms with E-state index in [9.17, 15) is 31.5 Å². The van der Waals surface area contributed by atoms with Gasteiger partial charge >= 0.3 is 6.18 Å². The van der Waals surface area contributed by atoms with Crippen molar-refractivity contribution in [3.63, 3.8) is 0 Å². The Morgan fingerprint density at radius 2 is 1.91 bits per heavy atom. The molecule has 11 heteroatoms. The summed E-state index contributed by atoms with van der Waals surface area (Å²) in [6, 6.07) is 2.99. The van der Waals surface area contributed by atoms with Gasteiger partial charge in [-0.2, -0.15) is 18.3 Å². The molecule has 0 bridgehead atoms. The molecule has 0 saturated carbocycles. The number of pyridine rings is 1. The van der Waals surface area contributed by atoms with Gasteiger partial charge in [0.1, 0.15) is 17.3 Å². The number of hydrogen-bond acceptors (Lipinski definition) is 4. The lowest BCUT2D eigenvalue weighted by atomic mass is 9.84. The number of Topliss-reactive ketones (excluding diaryl/α,β-unsaturated/α-hetero) is 1. The van der Waals surface area contributed by atoms with Crippen LogP contribution in [0.1, 0.15) is 57.3 Å². The zero-order valence-electron chi connectivity index (χ0n) is 16.5. The van der Waals surface area contributed by atoms with Gasteiger partial charge in [0.05, 0.1) is 41.2 Å². The molecular weight excluding hydrogens is 435 g/mol. The Kier molecular flexibility index (Phi) is 5.27. The average molecular weight is 450 g/mol. The number of alkyl halides is 3. The highest BCUT2D eigenvalue weighted by molar-refractivity contribution is 6.10. The molecule has 2 atom stereocenters. The number of hydrogen-bond donors (Lipinski definition) is 1. The first-order chi connectivity index (χ1) is 15.1. The van der Waals surface area contributed by atoms with Crippen molar-refractivity contribution in [2.24, 2.45) is 0 Å². The number of nitrogens with one attached hydrogen (secondary N) is 1. The monoisotopic (exact) mass is 450 g/mol. The van der Waals surface area contributed by atoms with Crippen LogP contribution in [0.3, 0.4) is 0 Å². The van der Waals surface area contributed by atoms with Crippen molar-refractivity contribution in [2.75, 3.05) is 5.32 Å². The Balaban J connectivity index is 1.66. The number of aromatic nitrogens is 3. The van der Waals surface area contributed by atoms with E-state index >= 15 is 0 Å². The average Bonchev–Trinajstić information content (AvgIpc) is 3.14. The van der Waals surface area contributed by atoms with E-state index in [1.807, 2.05) is 0 Å². The molecule has 6 nitrogen and oxygen atoms in total. The zero-order chi connectivity index (χ0) is 23.2. The highest BCUT2D eigenvalue weighted by Crippen LogP contribution is 2.39. The number of rotatable bonds is 3. The first-order valence-electron chi connectivity index (χ1n) is 9.46. The van der Waals surface area contributed by atoms with Gasteiger partial charge in [-0.1, -0.05) is 6.07 Å². The Hall–Kier alpha value is -3.63. The normalized spacial score (nSPS) is 18.4. The van der Waals surface area contributed by atoms with Gasteiger partial charge in [-0.05, 0) is 37.1 Å². The molecule has 1 aliphatic rings. The van der Waals surface area contributed by atoms with Gasteiger partial charge in [-0.15, -0.1) is 0 Å². The van der Waals surface area contributed by atoms with Crippen molar-refractivity contribution in [1.29, 1.82) is 0 Å². The molecule has 0 aliphatic carbocycles. The fourth-order valence-electron chi connectivity index (χ4n) is 3.74. The lowest BCUT2D eigenvalue weighted by Crippen LogP contribution is -2.29. The molecule has 1 amide bonds. The van der Waals surface area contributed by atoms with Crippen LogP contribution in [0.15, 0.2) is 42.9 Å². The largest absolute Gasteiger partial charge is 0.419 e. The van der Waals surface area contributed by atoms with Gasteiger partial charge in [0.25, 0.3) is 5.91 Å². The van der Waals surface area contributed by atoms with E-state index < -0.39 is 41.0 Å². The van der Waals surface area contributed by atoms with Gasteiger partial charge in [0, 0.05) is 6.20 Å². The van der Waals surface area contributed by atoms with Crippen LogP contribution in [-0.2, 0) is 6.18 Å². The van der Waals surface area contributed by atoms with E-state index in [0.717, 1.165) is 24.5 Å². The Labute approximate surface area is 178 Å². The van der Waals surface area contributed by atoms with Crippen LogP contribution in [0.2, 0.25) is 0 Å². The number of fused-ring (bicyclic) bond motifs is 1. The molecule has 0 saturated heterocycles. The summed E-state index contributed by atoms with van der Waals surface area (Å²) in [5.74, 6) is -4.38. The Morgan fingerprint density at radius 3 is 2.56 bits per heavy atom. The number of carbonyl (C=O) groups is 2. The van der Waals surface area contributed by atoms with E-state index in [-0.39, 0.29) is 35.0 Å². The van der Waals surface area contributed by atoms with Gasteiger partial charge in [0.2, 0.25) is 0 Å². The number of ketones is 1. The van der Waals surface area contributed by atoms with Crippen molar-refractivity contribution >= 4 is 17.4 Å². The number of benzene rings is 1. The standard InChI is InChI=1S/C21H15F5N4O2/c1-10-4-14(11-2-3-15(16(23)6-11)21(24,25)26)19(31)18-17(9-28-30(10)18)29-20(32)12-5-13(22)8-27-7-12/h2-3,5-10,14H,4H2,1H3,(H,29,32)/t10-,14?/m0/s1. The third kappa shape index (κ3) is 3.85. The van der Waals surface area contributed by atoms with Crippen molar-refractivity contribution in [3.05, 3.63) is 76.9 Å². The van der Waals surface area contributed by atoms with Crippen LogP contribution >= 0.6 is 0 Å². The maximum atomic E-state index is 14.1. The highest BCUT2D eigenvalue weighted by Gasteiger charge is 2.38. The van der Waals surface area contributed by atoms with Crippen LogP contribution in [0.4, 0.5) is 27.6 Å². The highest BCUT2D eigenvalue weighted by atomic mass is 19.4. The first kappa shape index (κ1) is 21.6. The quantitative estimate of drug-likeness (QED) is 0.584. The fourth-order valence-corrected chi connectivity index (χ4v) is 3.74. The van der Waals surface area contributed by atoms with Crippen LogP contribution < -0.4 is 5.32 Å². The molecule has 32 heavy (non-hydrogen) atoms. The Bertz CT molecular complexity index is 1220. The molecule has 1 unspecified atom stereocenters. The smallest absolute Gasteiger partial charge is 0.319 e. The summed E-state index contributed by atoms with van der Waals surface area (Å²) < 4.78 is 67.4. The maximum absolute atomic E-state index is 14.1. The molecule has 0 fully saturated rings. The summed E-state index contributed by atoms with van der Waals surface area (Å²) in [4.78, 5) is 29.2. The second-order valence-corrected chi connectivity index (χ2v) is 7.44. The van der Waals surface area contributed by atoms with Crippen molar-refractivity contribution < 1.29 is 31.5 Å². The predicted molar refractivity (Wildman–Crippen MR) is 102 cm³/mol. The van der Waals surface area contributed by atoms with Gasteiger partial charge < -0.3 is 5.32 Å². The fraction of sp³-hybridized carbons (Fsp3) is 0.238. The van der Waals surface area contributed by atoms with Crippen molar-refractivity contribution in [3.8, 4) is 0 Å². The minimum Gasteiger partial charge on any atom is -0.319 e. The summed E-state index contributed by atoms with van der Waals surface area (Å²) in [5.41, 5.74) is -1.34. The Morgan fingerprint density at radius 1 is 1.16 bits per heavy atom. The molecular formula is C21H15F5N4O2. The van der Waals surface area contributed by atoms with Crippen molar-refractivity contribution in [1.82, 2.24) is 14.8 Å². The molecule has 1 N–H and O–H groups in total. The second-order valence-electron chi connectivity index (χ2n) is 7.44. The zero-order valence-corrected chi connectivity index (χ0v) is 16.5. The van der Waals surface area contributed by atoms with E-state index in [0.29, 0.717) is 12.1 Å². The topological polar surface area (TPSA) is 76.9 Å². The molecule has 166 valence electrons. The molecule has 0 radical (unpaired) electrons. The van der Waals surface area contributed by atoms with Crippen molar-refractivity contribution in [2.45, 2.75) is 31.5 Å². The number of amides is 1. The molecule has 3 aromatic rings. The third-order valence-corrected chi connectivity index (χ3v) is 5.26. The third-order valence-electron chi connectivity index (χ3n) is 5.26. The summed E-state index contributed by atoms with van der Waals surface area (Å²) in [7, 11) is 0. The molecule has 4 rings (SSSR count). The van der Waals surface area contributed by atoms with E-state index in [1.54, 1.807) is 6.92 Å². The van der Waals surface area contributed by atoms with Gasteiger partial charge in [-0.25, -0.2) is 8.78 Å². The molecule has 2 aromatic heterocycles. The van der Waals surface area contributed by atoms with Crippen LogP contribution in [0.25, 0.3) is 0 Å². The molecule has 0 spiro atoms. The number of anilines is 1. The van der Waals surface area contributed by atoms with Crippen LogP contribution in [-0.4, -0.2) is 26.5 Å². The van der Waals surface area contributed by atoms with Crippen LogP contribution in [0, 0.1) is 11.6 Å². The second kappa shape index (κ2) is 7.81. The minimum absolute atomic E-state index is 0.0202. The summed E-state index contributed by atoms with van der Waals surface area (Å²) in [6.45, 7) is 1.73.